The van der Waals surface area contributed by atoms with E-state index >= 15 is 0 Å². The van der Waals surface area contributed by atoms with E-state index in [9.17, 15) is 9.59 Å². The van der Waals surface area contributed by atoms with E-state index in [0.29, 0.717) is 25.2 Å². The molecule has 3 rings (SSSR count). The fourth-order valence-corrected chi connectivity index (χ4v) is 2.81. The van der Waals surface area contributed by atoms with E-state index in [1.165, 1.54) is 12.7 Å². The Morgan fingerprint density at radius 2 is 2.32 bits per heavy atom. The van der Waals surface area contributed by atoms with Gasteiger partial charge < -0.3 is 19.2 Å². The molecule has 0 spiro atoms. The van der Waals surface area contributed by atoms with Crippen molar-refractivity contribution in [2.24, 2.45) is 5.92 Å². The molecule has 0 aromatic carbocycles. The van der Waals surface area contributed by atoms with Gasteiger partial charge in [0, 0.05) is 44.4 Å². The molecule has 22 heavy (non-hydrogen) atoms. The van der Waals surface area contributed by atoms with Crippen molar-refractivity contribution in [1.29, 1.82) is 0 Å². The van der Waals surface area contributed by atoms with Crippen molar-refractivity contribution in [2.75, 3.05) is 13.6 Å². The molecule has 7 nitrogen and oxygen atoms in total. The lowest BCUT2D eigenvalue weighted by Gasteiger charge is -2.23. The zero-order valence-electron chi connectivity index (χ0n) is 12.4. The molecular formula is C15H18N4O3. The van der Waals surface area contributed by atoms with E-state index in [1.54, 1.807) is 11.9 Å². The molecule has 0 saturated carbocycles. The molecule has 2 aromatic heterocycles. The summed E-state index contributed by atoms with van der Waals surface area (Å²) in [5.41, 5.74) is 1.34. The predicted octanol–water partition coefficient (Wildman–Crippen LogP) is 0.884. The second kappa shape index (κ2) is 6.05. The first-order chi connectivity index (χ1) is 10.7. The highest BCUT2D eigenvalue weighted by Crippen LogP contribution is 2.21. The second-order valence-electron chi connectivity index (χ2n) is 5.45. The van der Waals surface area contributed by atoms with Crippen molar-refractivity contribution >= 4 is 11.8 Å². The van der Waals surface area contributed by atoms with E-state index in [4.69, 9.17) is 4.42 Å². The summed E-state index contributed by atoms with van der Waals surface area (Å²) in [6.45, 7) is 1.74. The quantitative estimate of drug-likeness (QED) is 0.913. The summed E-state index contributed by atoms with van der Waals surface area (Å²) >= 11 is 0. The van der Waals surface area contributed by atoms with Crippen LogP contribution in [0.4, 0.5) is 0 Å². The highest BCUT2D eigenvalue weighted by molar-refractivity contribution is 5.91. The van der Waals surface area contributed by atoms with Crippen LogP contribution >= 0.6 is 0 Å². The standard InChI is InChI=1S/C15H18N4O3/c1-16-14(20)5-11-6-18-4-2-3-12(18)8-19(7-11)15(21)13-9-22-10-17-13/h2-4,9-11H,5-8H2,1H3,(H,16,20)/t11-/m1/s1. The van der Waals surface area contributed by atoms with Crippen LogP contribution in [0.15, 0.2) is 35.4 Å². The molecule has 2 amide bonds. The van der Waals surface area contributed by atoms with Gasteiger partial charge in [0.25, 0.3) is 5.91 Å². The molecule has 7 heteroatoms. The van der Waals surface area contributed by atoms with Crippen molar-refractivity contribution in [2.45, 2.75) is 19.5 Å². The molecule has 0 unspecified atom stereocenters. The molecule has 0 fully saturated rings. The molecule has 0 aliphatic carbocycles. The molecule has 1 aliphatic rings. The monoisotopic (exact) mass is 302 g/mol. The summed E-state index contributed by atoms with van der Waals surface area (Å²) in [4.78, 5) is 29.9. The fourth-order valence-electron chi connectivity index (χ4n) is 2.81. The highest BCUT2D eigenvalue weighted by atomic mass is 16.3. The van der Waals surface area contributed by atoms with Gasteiger partial charge in [-0.05, 0) is 12.1 Å². The van der Waals surface area contributed by atoms with Crippen LogP contribution in [-0.2, 0) is 17.9 Å². The predicted molar refractivity (Wildman–Crippen MR) is 77.8 cm³/mol. The molecule has 0 bridgehead atoms. The van der Waals surface area contributed by atoms with Gasteiger partial charge in [0.05, 0.1) is 6.54 Å². The summed E-state index contributed by atoms with van der Waals surface area (Å²) in [6.07, 6.45) is 4.96. The average Bonchev–Trinajstić information content (AvgIpc) is 3.15. The van der Waals surface area contributed by atoms with E-state index in [0.717, 1.165) is 12.2 Å². The minimum Gasteiger partial charge on any atom is -0.451 e. The Kier molecular flexibility index (Phi) is 3.95. The summed E-state index contributed by atoms with van der Waals surface area (Å²) in [7, 11) is 1.62. The van der Waals surface area contributed by atoms with Crippen LogP contribution in [0.5, 0.6) is 0 Å². The largest absolute Gasteiger partial charge is 0.451 e. The maximum atomic E-state index is 12.5. The highest BCUT2D eigenvalue weighted by Gasteiger charge is 2.27. The zero-order chi connectivity index (χ0) is 15.5. The Morgan fingerprint density at radius 1 is 1.45 bits per heavy atom. The fraction of sp³-hybridized carbons (Fsp3) is 0.400. The van der Waals surface area contributed by atoms with Crippen LogP contribution < -0.4 is 5.32 Å². The van der Waals surface area contributed by atoms with Gasteiger partial charge in [-0.25, -0.2) is 4.98 Å². The van der Waals surface area contributed by atoms with Crippen LogP contribution in [0.2, 0.25) is 0 Å². The average molecular weight is 302 g/mol. The topological polar surface area (TPSA) is 80.4 Å². The van der Waals surface area contributed by atoms with E-state index < -0.39 is 0 Å². The smallest absolute Gasteiger partial charge is 0.276 e. The van der Waals surface area contributed by atoms with Gasteiger partial charge in [-0.1, -0.05) is 0 Å². The van der Waals surface area contributed by atoms with Gasteiger partial charge in [0.2, 0.25) is 5.91 Å². The Balaban J connectivity index is 1.83. The summed E-state index contributed by atoms with van der Waals surface area (Å²) < 4.78 is 6.99. The van der Waals surface area contributed by atoms with Gasteiger partial charge in [-0.2, -0.15) is 0 Å². The number of carbonyl (C=O) groups excluding carboxylic acids is 2. The molecule has 0 radical (unpaired) electrons. The maximum absolute atomic E-state index is 12.5. The SMILES string of the molecule is CNC(=O)C[C@H]1CN(C(=O)c2cocn2)Cc2cccn2C1. The van der Waals surface area contributed by atoms with Crippen molar-refractivity contribution in [1.82, 2.24) is 19.8 Å². The van der Waals surface area contributed by atoms with Crippen LogP contribution in [-0.4, -0.2) is 39.9 Å². The lowest BCUT2D eigenvalue weighted by Crippen LogP contribution is -2.35. The number of aromatic nitrogens is 2. The lowest BCUT2D eigenvalue weighted by atomic mass is 10.0. The normalized spacial score (nSPS) is 17.7. The number of oxazole rings is 1. The van der Waals surface area contributed by atoms with Crippen LogP contribution in [0.3, 0.4) is 0 Å². The van der Waals surface area contributed by atoms with E-state index in [-0.39, 0.29) is 17.7 Å². The molecule has 2 aromatic rings. The third-order valence-electron chi connectivity index (χ3n) is 3.90. The number of amides is 2. The van der Waals surface area contributed by atoms with Gasteiger partial charge in [0.15, 0.2) is 12.1 Å². The van der Waals surface area contributed by atoms with Gasteiger partial charge in [-0.15, -0.1) is 0 Å². The first kappa shape index (κ1) is 14.4. The Bertz CT molecular complexity index is 662. The van der Waals surface area contributed by atoms with Crippen molar-refractivity contribution < 1.29 is 14.0 Å². The van der Waals surface area contributed by atoms with Crippen molar-refractivity contribution in [3.8, 4) is 0 Å². The first-order valence-corrected chi connectivity index (χ1v) is 7.19. The number of rotatable bonds is 3. The molecule has 3 heterocycles. The number of fused-ring (bicyclic) bond motifs is 1. The van der Waals surface area contributed by atoms with Crippen LogP contribution in [0.1, 0.15) is 22.6 Å². The zero-order valence-corrected chi connectivity index (χ0v) is 12.4. The Hall–Kier alpha value is -2.57. The van der Waals surface area contributed by atoms with Crippen molar-refractivity contribution in [3.63, 3.8) is 0 Å². The number of carbonyl (C=O) groups is 2. The second-order valence-corrected chi connectivity index (χ2v) is 5.45. The first-order valence-electron chi connectivity index (χ1n) is 7.19. The lowest BCUT2D eigenvalue weighted by molar-refractivity contribution is -0.121. The van der Waals surface area contributed by atoms with Gasteiger partial charge >= 0.3 is 0 Å². The summed E-state index contributed by atoms with van der Waals surface area (Å²) in [6, 6.07) is 3.95. The van der Waals surface area contributed by atoms with E-state index in [2.05, 4.69) is 14.9 Å². The molecule has 116 valence electrons. The van der Waals surface area contributed by atoms with Crippen LogP contribution in [0.25, 0.3) is 0 Å². The third kappa shape index (κ3) is 2.88. The molecular weight excluding hydrogens is 284 g/mol. The third-order valence-corrected chi connectivity index (χ3v) is 3.90. The van der Waals surface area contributed by atoms with Gasteiger partial charge in [-0.3, -0.25) is 9.59 Å². The number of nitrogens with zero attached hydrogens (tertiary/aromatic N) is 3. The number of nitrogens with one attached hydrogen (secondary N) is 1. The minimum atomic E-state index is -0.176. The molecule has 1 N–H and O–H groups in total. The molecule has 1 aliphatic heterocycles. The Morgan fingerprint density at radius 3 is 3.05 bits per heavy atom. The number of hydrogen-bond donors (Lipinski definition) is 1. The summed E-state index contributed by atoms with van der Waals surface area (Å²) in [5.74, 6) is -0.135. The summed E-state index contributed by atoms with van der Waals surface area (Å²) in [5, 5.41) is 2.64. The van der Waals surface area contributed by atoms with E-state index in [1.807, 2.05) is 18.3 Å². The minimum absolute atomic E-state index is 0.0190. The van der Waals surface area contributed by atoms with Crippen molar-refractivity contribution in [3.05, 3.63) is 42.4 Å². The molecule has 1 atom stereocenters. The Labute approximate surface area is 127 Å². The maximum Gasteiger partial charge on any atom is 0.276 e. The van der Waals surface area contributed by atoms with Gasteiger partial charge in [0.1, 0.15) is 6.26 Å². The number of hydrogen-bond acceptors (Lipinski definition) is 4. The molecule has 0 saturated heterocycles. The van der Waals surface area contributed by atoms with Crippen LogP contribution in [0, 0.1) is 5.92 Å².